The molecule has 0 aliphatic heterocycles. The van der Waals surface area contributed by atoms with Gasteiger partial charge >= 0.3 is 0 Å². The standard InChI is InChI=1S/C12H17NO3S/c1-14-6-3-7-16-10-5-4-9(12(13)17)8-11(10)15-2/h4-5,8H,3,6-7H2,1-2H3,(H2,13,17). The predicted molar refractivity (Wildman–Crippen MR) is 70.9 cm³/mol. The Bertz CT molecular complexity index is 382. The number of benzene rings is 1. The number of hydrogen-bond acceptors (Lipinski definition) is 4. The van der Waals surface area contributed by atoms with E-state index in [4.69, 9.17) is 32.2 Å². The minimum Gasteiger partial charge on any atom is -0.493 e. The van der Waals surface area contributed by atoms with Crippen LogP contribution in [0.5, 0.6) is 11.5 Å². The molecule has 0 saturated heterocycles. The van der Waals surface area contributed by atoms with Crippen LogP contribution in [0, 0.1) is 0 Å². The smallest absolute Gasteiger partial charge is 0.161 e. The molecule has 0 amide bonds. The molecule has 0 atom stereocenters. The van der Waals surface area contributed by atoms with Gasteiger partial charge in [-0.25, -0.2) is 0 Å². The Balaban J connectivity index is 2.68. The molecule has 0 radical (unpaired) electrons. The van der Waals surface area contributed by atoms with Crippen molar-refractivity contribution >= 4 is 17.2 Å². The first-order chi connectivity index (χ1) is 8.19. The average molecular weight is 255 g/mol. The molecule has 0 spiro atoms. The van der Waals surface area contributed by atoms with E-state index in [1.807, 2.05) is 6.07 Å². The Morgan fingerprint density at radius 2 is 2.00 bits per heavy atom. The molecule has 0 saturated carbocycles. The van der Waals surface area contributed by atoms with Gasteiger partial charge in [-0.15, -0.1) is 0 Å². The zero-order valence-electron chi connectivity index (χ0n) is 10.1. The van der Waals surface area contributed by atoms with Gasteiger partial charge in [-0.1, -0.05) is 12.2 Å². The first-order valence-corrected chi connectivity index (χ1v) is 5.69. The van der Waals surface area contributed by atoms with Gasteiger partial charge in [-0.05, 0) is 18.2 Å². The van der Waals surface area contributed by atoms with Gasteiger partial charge in [0.1, 0.15) is 4.99 Å². The highest BCUT2D eigenvalue weighted by atomic mass is 32.1. The van der Waals surface area contributed by atoms with E-state index in [0.29, 0.717) is 29.7 Å². The third-order valence-corrected chi connectivity index (χ3v) is 2.43. The second kappa shape index (κ2) is 7.09. The fourth-order valence-electron chi connectivity index (χ4n) is 1.33. The lowest BCUT2D eigenvalue weighted by Crippen LogP contribution is -2.10. The summed E-state index contributed by atoms with van der Waals surface area (Å²) in [6.45, 7) is 1.25. The van der Waals surface area contributed by atoms with Crippen molar-refractivity contribution in [3.8, 4) is 11.5 Å². The van der Waals surface area contributed by atoms with Crippen LogP contribution in [0.4, 0.5) is 0 Å². The van der Waals surface area contributed by atoms with Gasteiger partial charge in [0.25, 0.3) is 0 Å². The molecule has 5 heteroatoms. The number of ether oxygens (including phenoxy) is 3. The first kappa shape index (κ1) is 13.7. The van der Waals surface area contributed by atoms with E-state index in [-0.39, 0.29) is 0 Å². The summed E-state index contributed by atoms with van der Waals surface area (Å²) in [7, 11) is 3.25. The fraction of sp³-hybridized carbons (Fsp3) is 0.417. The van der Waals surface area contributed by atoms with Gasteiger partial charge < -0.3 is 19.9 Å². The summed E-state index contributed by atoms with van der Waals surface area (Å²) in [6.07, 6.45) is 0.830. The number of methoxy groups -OCH3 is 2. The van der Waals surface area contributed by atoms with E-state index in [9.17, 15) is 0 Å². The van der Waals surface area contributed by atoms with Crippen LogP contribution < -0.4 is 15.2 Å². The Labute approximate surface area is 107 Å². The SMILES string of the molecule is COCCCOc1ccc(C(N)=S)cc1OC. The maximum Gasteiger partial charge on any atom is 0.161 e. The van der Waals surface area contributed by atoms with Crippen LogP contribution in [0.15, 0.2) is 18.2 Å². The molecule has 0 bridgehead atoms. The Morgan fingerprint density at radius 1 is 1.24 bits per heavy atom. The summed E-state index contributed by atoms with van der Waals surface area (Å²) in [5, 5.41) is 0. The highest BCUT2D eigenvalue weighted by molar-refractivity contribution is 7.80. The lowest BCUT2D eigenvalue weighted by molar-refractivity contribution is 0.170. The molecule has 0 aliphatic rings. The fourth-order valence-corrected chi connectivity index (χ4v) is 1.45. The summed E-state index contributed by atoms with van der Waals surface area (Å²) in [5.74, 6) is 1.32. The van der Waals surface area contributed by atoms with E-state index in [0.717, 1.165) is 12.0 Å². The molecule has 2 N–H and O–H groups in total. The van der Waals surface area contributed by atoms with Gasteiger partial charge in [0.05, 0.1) is 13.7 Å². The van der Waals surface area contributed by atoms with Gasteiger partial charge in [0.2, 0.25) is 0 Å². The van der Waals surface area contributed by atoms with Crippen LogP contribution in [0.1, 0.15) is 12.0 Å². The van der Waals surface area contributed by atoms with Crippen molar-refractivity contribution in [1.29, 1.82) is 0 Å². The van der Waals surface area contributed by atoms with Crippen LogP contribution in [0.3, 0.4) is 0 Å². The molecule has 0 aliphatic carbocycles. The Morgan fingerprint density at radius 3 is 2.59 bits per heavy atom. The van der Waals surface area contributed by atoms with Crippen molar-refractivity contribution in [2.45, 2.75) is 6.42 Å². The molecular weight excluding hydrogens is 238 g/mol. The van der Waals surface area contributed by atoms with Crippen LogP contribution in [-0.4, -0.2) is 32.4 Å². The van der Waals surface area contributed by atoms with Crippen molar-refractivity contribution < 1.29 is 14.2 Å². The molecule has 17 heavy (non-hydrogen) atoms. The maximum atomic E-state index is 5.58. The molecule has 1 rings (SSSR count). The van der Waals surface area contributed by atoms with Crippen molar-refractivity contribution in [3.63, 3.8) is 0 Å². The zero-order valence-corrected chi connectivity index (χ0v) is 10.9. The molecule has 0 unspecified atom stereocenters. The summed E-state index contributed by atoms with van der Waals surface area (Å²) >= 11 is 4.90. The predicted octanol–water partition coefficient (Wildman–Crippen LogP) is 1.74. The van der Waals surface area contributed by atoms with Crippen LogP contribution >= 0.6 is 12.2 Å². The van der Waals surface area contributed by atoms with E-state index < -0.39 is 0 Å². The highest BCUT2D eigenvalue weighted by Crippen LogP contribution is 2.28. The molecule has 0 aromatic heterocycles. The Hall–Kier alpha value is -1.33. The van der Waals surface area contributed by atoms with Gasteiger partial charge in [-0.3, -0.25) is 0 Å². The minimum atomic E-state index is 0.342. The molecule has 0 fully saturated rings. The van der Waals surface area contributed by atoms with Crippen molar-refractivity contribution in [3.05, 3.63) is 23.8 Å². The third-order valence-electron chi connectivity index (χ3n) is 2.20. The second-order valence-electron chi connectivity index (χ2n) is 3.42. The van der Waals surface area contributed by atoms with Crippen molar-refractivity contribution in [2.24, 2.45) is 5.73 Å². The van der Waals surface area contributed by atoms with Crippen molar-refractivity contribution in [1.82, 2.24) is 0 Å². The number of thiocarbonyl (C=S) groups is 1. The largest absolute Gasteiger partial charge is 0.493 e. The van der Waals surface area contributed by atoms with E-state index in [1.165, 1.54) is 0 Å². The first-order valence-electron chi connectivity index (χ1n) is 5.28. The third kappa shape index (κ3) is 4.20. The zero-order chi connectivity index (χ0) is 12.7. The molecule has 1 aromatic rings. The average Bonchev–Trinajstić information content (AvgIpc) is 2.34. The maximum absolute atomic E-state index is 5.58. The number of nitrogens with two attached hydrogens (primary N) is 1. The molecule has 1 aromatic carbocycles. The van der Waals surface area contributed by atoms with Crippen LogP contribution in [-0.2, 0) is 4.74 Å². The normalized spacial score (nSPS) is 10.0. The van der Waals surface area contributed by atoms with Crippen LogP contribution in [0.25, 0.3) is 0 Å². The molecule has 0 heterocycles. The molecule has 4 nitrogen and oxygen atoms in total. The van der Waals surface area contributed by atoms with E-state index >= 15 is 0 Å². The highest BCUT2D eigenvalue weighted by Gasteiger charge is 2.06. The quantitative estimate of drug-likeness (QED) is 0.594. The van der Waals surface area contributed by atoms with Gasteiger partial charge in [0.15, 0.2) is 11.5 Å². The summed E-state index contributed by atoms with van der Waals surface area (Å²) in [6, 6.07) is 5.39. The summed E-state index contributed by atoms with van der Waals surface area (Å²) in [4.78, 5) is 0.342. The van der Waals surface area contributed by atoms with Crippen molar-refractivity contribution in [2.75, 3.05) is 27.4 Å². The lowest BCUT2D eigenvalue weighted by Gasteiger charge is -2.11. The van der Waals surface area contributed by atoms with E-state index in [1.54, 1.807) is 26.4 Å². The minimum absolute atomic E-state index is 0.342. The second-order valence-corrected chi connectivity index (χ2v) is 3.86. The monoisotopic (exact) mass is 255 g/mol. The topological polar surface area (TPSA) is 53.7 Å². The van der Waals surface area contributed by atoms with Gasteiger partial charge in [-0.2, -0.15) is 0 Å². The van der Waals surface area contributed by atoms with Gasteiger partial charge in [0, 0.05) is 25.7 Å². The van der Waals surface area contributed by atoms with E-state index in [2.05, 4.69) is 0 Å². The molecule has 94 valence electrons. The lowest BCUT2D eigenvalue weighted by atomic mass is 10.2. The number of rotatable bonds is 7. The number of hydrogen-bond donors (Lipinski definition) is 1. The summed E-state index contributed by atoms with van der Waals surface area (Å²) in [5.41, 5.74) is 6.31. The Kier molecular flexibility index (Phi) is 5.72. The van der Waals surface area contributed by atoms with Crippen LogP contribution in [0.2, 0.25) is 0 Å². The summed E-state index contributed by atoms with van der Waals surface area (Å²) < 4.78 is 15.7. The molecular formula is C12H17NO3S.